The van der Waals surface area contributed by atoms with Gasteiger partial charge in [0, 0.05) is 17.6 Å². The van der Waals surface area contributed by atoms with Gasteiger partial charge in [-0.2, -0.15) is 5.10 Å². The van der Waals surface area contributed by atoms with Crippen molar-refractivity contribution in [3.05, 3.63) is 46.5 Å². The number of hydrogen-bond donors (Lipinski definition) is 1. The van der Waals surface area contributed by atoms with Crippen molar-refractivity contribution in [3.8, 4) is 0 Å². The van der Waals surface area contributed by atoms with Crippen LogP contribution in [0.3, 0.4) is 0 Å². The molecule has 3 rings (SSSR count). The summed E-state index contributed by atoms with van der Waals surface area (Å²) in [5, 5.41) is 6.73. The Kier molecular flexibility index (Phi) is 6.74. The molecular weight excluding hydrogens is 350 g/mol. The predicted octanol–water partition coefficient (Wildman–Crippen LogP) is 3.62. The van der Waals surface area contributed by atoms with E-state index in [0.29, 0.717) is 24.0 Å². The minimum atomic E-state index is -0.270. The molecular formula is C19H23N3O3S. The normalized spacial score (nSPS) is 13.9. The summed E-state index contributed by atoms with van der Waals surface area (Å²) in [7, 11) is 0. The number of esters is 1. The molecule has 7 heteroatoms. The number of ether oxygens (including phenoxy) is 2. The highest BCUT2D eigenvalue weighted by Gasteiger charge is 2.21. The molecule has 0 atom stereocenters. The second-order valence-electron chi connectivity index (χ2n) is 6.15. The number of thiazole rings is 1. The molecule has 1 N–H and O–H groups in total. The molecule has 1 saturated carbocycles. The molecule has 0 unspecified atom stereocenters. The van der Waals surface area contributed by atoms with Gasteiger partial charge in [-0.25, -0.2) is 4.98 Å². The zero-order valence-electron chi connectivity index (χ0n) is 14.8. The average Bonchev–Trinajstić information content (AvgIpc) is 3.35. The van der Waals surface area contributed by atoms with Crippen LogP contribution < -0.4 is 5.43 Å². The number of benzene rings is 1. The topological polar surface area (TPSA) is 72.8 Å². The summed E-state index contributed by atoms with van der Waals surface area (Å²) < 4.78 is 10.7. The molecule has 0 aliphatic heterocycles. The van der Waals surface area contributed by atoms with Crippen molar-refractivity contribution in [1.29, 1.82) is 0 Å². The molecule has 1 fully saturated rings. The van der Waals surface area contributed by atoms with Crippen LogP contribution in [0.15, 0.2) is 34.7 Å². The largest absolute Gasteiger partial charge is 0.466 e. The van der Waals surface area contributed by atoms with Gasteiger partial charge in [0.15, 0.2) is 0 Å². The van der Waals surface area contributed by atoms with E-state index >= 15 is 0 Å². The number of carbonyl (C=O) groups is 1. The molecule has 0 saturated heterocycles. The molecule has 0 spiro atoms. The molecule has 1 aliphatic carbocycles. The summed E-state index contributed by atoms with van der Waals surface area (Å²) in [6.07, 6.45) is 4.52. The van der Waals surface area contributed by atoms with E-state index in [-0.39, 0.29) is 12.4 Å². The van der Waals surface area contributed by atoms with Crippen LogP contribution in [0.2, 0.25) is 0 Å². The van der Waals surface area contributed by atoms with E-state index in [1.54, 1.807) is 13.1 Å². The van der Waals surface area contributed by atoms with Gasteiger partial charge < -0.3 is 9.47 Å². The van der Waals surface area contributed by atoms with E-state index < -0.39 is 0 Å². The Bertz CT molecular complexity index is 756. The third-order valence-corrected chi connectivity index (χ3v) is 4.71. The first-order chi connectivity index (χ1) is 12.7. The maximum Gasteiger partial charge on any atom is 0.311 e. The minimum Gasteiger partial charge on any atom is -0.466 e. The van der Waals surface area contributed by atoms with E-state index in [2.05, 4.69) is 21.6 Å². The van der Waals surface area contributed by atoms with Gasteiger partial charge in [-0.05, 0) is 31.2 Å². The van der Waals surface area contributed by atoms with Gasteiger partial charge in [-0.3, -0.25) is 10.2 Å². The van der Waals surface area contributed by atoms with Gasteiger partial charge in [0.2, 0.25) is 5.13 Å². The first-order valence-electron chi connectivity index (χ1n) is 8.79. The quantitative estimate of drug-likeness (QED) is 0.391. The summed E-state index contributed by atoms with van der Waals surface area (Å²) in [6, 6.07) is 8.04. The van der Waals surface area contributed by atoms with Gasteiger partial charge in [0.1, 0.15) is 0 Å². The van der Waals surface area contributed by atoms with E-state index in [4.69, 9.17) is 9.47 Å². The molecule has 26 heavy (non-hydrogen) atoms. The third-order valence-electron chi connectivity index (χ3n) is 3.91. The lowest BCUT2D eigenvalue weighted by atomic mass is 10.1. The Balaban J connectivity index is 1.51. The molecule has 1 heterocycles. The first-order valence-corrected chi connectivity index (χ1v) is 9.67. The summed E-state index contributed by atoms with van der Waals surface area (Å²) in [5.74, 6) is 0.485. The maximum absolute atomic E-state index is 11.5. The van der Waals surface area contributed by atoms with E-state index in [1.807, 2.05) is 23.6 Å². The molecule has 0 radical (unpaired) electrons. The van der Waals surface area contributed by atoms with Crippen LogP contribution in [0.1, 0.15) is 36.6 Å². The fourth-order valence-electron chi connectivity index (χ4n) is 2.37. The van der Waals surface area contributed by atoms with E-state index in [9.17, 15) is 4.79 Å². The van der Waals surface area contributed by atoms with Gasteiger partial charge in [0.25, 0.3) is 0 Å². The van der Waals surface area contributed by atoms with Crippen LogP contribution in [0.4, 0.5) is 5.13 Å². The van der Waals surface area contributed by atoms with Crippen LogP contribution in [0, 0.1) is 5.92 Å². The van der Waals surface area contributed by atoms with Gasteiger partial charge in [-0.15, -0.1) is 11.3 Å². The smallest absolute Gasteiger partial charge is 0.311 e. The van der Waals surface area contributed by atoms with Crippen molar-refractivity contribution in [3.63, 3.8) is 0 Å². The Morgan fingerprint density at radius 3 is 3.08 bits per heavy atom. The highest BCUT2D eigenvalue weighted by atomic mass is 32.1. The number of carbonyl (C=O) groups excluding carboxylic acids is 1. The zero-order chi connectivity index (χ0) is 18.2. The van der Waals surface area contributed by atoms with Crippen molar-refractivity contribution in [1.82, 2.24) is 4.98 Å². The number of anilines is 1. The second kappa shape index (κ2) is 9.45. The molecule has 6 nitrogen and oxygen atoms in total. The predicted molar refractivity (Wildman–Crippen MR) is 102 cm³/mol. The molecule has 2 aromatic rings. The second-order valence-corrected chi connectivity index (χ2v) is 7.01. The summed E-state index contributed by atoms with van der Waals surface area (Å²) in [5.41, 5.74) is 5.72. The van der Waals surface area contributed by atoms with Crippen LogP contribution in [0.25, 0.3) is 0 Å². The molecule has 0 amide bonds. The molecule has 1 aromatic carbocycles. The number of aromatic nitrogens is 1. The summed E-state index contributed by atoms with van der Waals surface area (Å²) in [4.78, 5) is 15.8. The average molecular weight is 373 g/mol. The monoisotopic (exact) mass is 373 g/mol. The number of rotatable bonds is 10. The van der Waals surface area contributed by atoms with Crippen molar-refractivity contribution in [2.24, 2.45) is 11.0 Å². The Hall–Kier alpha value is -2.25. The lowest BCUT2D eigenvalue weighted by molar-refractivity contribution is -0.142. The van der Waals surface area contributed by atoms with Crippen LogP contribution in [-0.2, 0) is 27.3 Å². The third kappa shape index (κ3) is 5.93. The number of nitrogens with zero attached hydrogens (tertiary/aromatic N) is 2. The Labute approximate surface area is 157 Å². The standard InChI is InChI=1S/C19H23N3O3S/c1-2-25-18(23)9-17-13-26-19(21-17)22-20-10-15-5-3-4-6-16(15)12-24-11-14-7-8-14/h3-6,10,13-14H,2,7-9,11-12H2,1H3,(H,21,22). The fourth-order valence-corrected chi connectivity index (χ4v) is 3.03. The molecule has 1 aliphatic rings. The number of hydrogen-bond acceptors (Lipinski definition) is 7. The number of nitrogens with one attached hydrogen (secondary N) is 1. The number of hydrazone groups is 1. The SMILES string of the molecule is CCOC(=O)Cc1csc(NN=Cc2ccccc2COCC2CC2)n1. The fraction of sp³-hybridized carbons (Fsp3) is 0.421. The highest BCUT2D eigenvalue weighted by Crippen LogP contribution is 2.29. The lowest BCUT2D eigenvalue weighted by Crippen LogP contribution is -2.07. The lowest BCUT2D eigenvalue weighted by Gasteiger charge is -2.06. The Morgan fingerprint density at radius 1 is 1.42 bits per heavy atom. The van der Waals surface area contributed by atoms with Gasteiger partial charge in [0.05, 0.1) is 31.5 Å². The summed E-state index contributed by atoms with van der Waals surface area (Å²) in [6.45, 7) is 3.60. The van der Waals surface area contributed by atoms with Crippen LogP contribution in [-0.4, -0.2) is 30.4 Å². The molecule has 1 aromatic heterocycles. The Morgan fingerprint density at radius 2 is 2.27 bits per heavy atom. The van der Waals surface area contributed by atoms with Gasteiger partial charge in [-0.1, -0.05) is 24.3 Å². The molecule has 0 bridgehead atoms. The zero-order valence-corrected chi connectivity index (χ0v) is 15.6. The minimum absolute atomic E-state index is 0.177. The van der Waals surface area contributed by atoms with E-state index in [1.165, 1.54) is 24.2 Å². The maximum atomic E-state index is 11.5. The highest BCUT2D eigenvalue weighted by molar-refractivity contribution is 7.13. The molecule has 138 valence electrons. The first kappa shape index (κ1) is 18.5. The van der Waals surface area contributed by atoms with Crippen LogP contribution >= 0.6 is 11.3 Å². The van der Waals surface area contributed by atoms with Crippen molar-refractivity contribution >= 4 is 28.7 Å². The van der Waals surface area contributed by atoms with Crippen LogP contribution in [0.5, 0.6) is 0 Å². The van der Waals surface area contributed by atoms with Crippen molar-refractivity contribution < 1.29 is 14.3 Å². The van der Waals surface area contributed by atoms with Gasteiger partial charge >= 0.3 is 5.97 Å². The van der Waals surface area contributed by atoms with Crippen molar-refractivity contribution in [2.75, 3.05) is 18.6 Å². The van der Waals surface area contributed by atoms with Crippen molar-refractivity contribution in [2.45, 2.75) is 32.8 Å². The van der Waals surface area contributed by atoms with E-state index in [0.717, 1.165) is 23.7 Å². The summed E-state index contributed by atoms with van der Waals surface area (Å²) >= 11 is 1.40.